The van der Waals surface area contributed by atoms with Crippen LogP contribution in [0.4, 0.5) is 0 Å². The zero-order chi connectivity index (χ0) is 9.90. The molecule has 0 heterocycles. The molecule has 0 fully saturated rings. The van der Waals surface area contributed by atoms with Crippen molar-refractivity contribution in [1.29, 1.82) is 0 Å². The lowest BCUT2D eigenvalue weighted by molar-refractivity contribution is -0.120. The van der Waals surface area contributed by atoms with Crippen molar-refractivity contribution in [2.24, 2.45) is 11.5 Å². The number of primary amides is 1. The van der Waals surface area contributed by atoms with Gasteiger partial charge in [-0.05, 0) is 5.56 Å². The van der Waals surface area contributed by atoms with E-state index >= 15 is 0 Å². The summed E-state index contributed by atoms with van der Waals surface area (Å²) in [5.74, 6) is -0.622. The van der Waals surface area contributed by atoms with Crippen LogP contribution in [0.25, 0.3) is 0 Å². The second-order valence-electron chi connectivity index (χ2n) is 2.74. The first-order valence-electron chi connectivity index (χ1n) is 3.85. The Balaban J connectivity index is 3.11. The fraction of sp³-hybridized carbons (Fsp3) is 0.222. The standard InChI is InChI=1S/C9H11ClN2O/c10-9(6-11,8(12)13)7-4-2-1-3-5-7/h1-5H,6,11H2,(H2,12,13). The van der Waals surface area contributed by atoms with E-state index in [-0.39, 0.29) is 6.54 Å². The van der Waals surface area contributed by atoms with Crippen molar-refractivity contribution >= 4 is 17.5 Å². The number of amides is 1. The summed E-state index contributed by atoms with van der Waals surface area (Å²) in [4.78, 5) is 9.79. The SMILES string of the molecule is NCC(Cl)(C(N)=O)c1ccccc1. The minimum Gasteiger partial charge on any atom is -0.368 e. The zero-order valence-corrected chi connectivity index (χ0v) is 7.79. The molecule has 70 valence electrons. The molecule has 1 atom stereocenters. The number of halogens is 1. The predicted octanol–water partition coefficient (Wildman–Crippen LogP) is 0.565. The minimum atomic E-state index is -1.28. The van der Waals surface area contributed by atoms with Crippen molar-refractivity contribution in [1.82, 2.24) is 0 Å². The normalized spacial score (nSPS) is 14.9. The van der Waals surface area contributed by atoms with Crippen LogP contribution >= 0.6 is 11.6 Å². The van der Waals surface area contributed by atoms with Gasteiger partial charge in [0.05, 0.1) is 0 Å². The Morgan fingerprint density at radius 3 is 2.31 bits per heavy atom. The van der Waals surface area contributed by atoms with E-state index in [1.54, 1.807) is 24.3 Å². The summed E-state index contributed by atoms with van der Waals surface area (Å²) >= 11 is 5.98. The third-order valence-electron chi connectivity index (χ3n) is 1.90. The molecule has 3 nitrogen and oxygen atoms in total. The Labute approximate surface area is 81.7 Å². The maximum Gasteiger partial charge on any atom is 0.244 e. The molecule has 0 aromatic heterocycles. The summed E-state index contributed by atoms with van der Waals surface area (Å²) in [6.45, 7) is -0.00605. The molecule has 0 saturated carbocycles. The number of benzene rings is 1. The van der Waals surface area contributed by atoms with Crippen LogP contribution in [0.2, 0.25) is 0 Å². The molecule has 0 saturated heterocycles. The molecule has 4 N–H and O–H groups in total. The van der Waals surface area contributed by atoms with Crippen molar-refractivity contribution in [3.63, 3.8) is 0 Å². The molecule has 0 aliphatic rings. The third kappa shape index (κ3) is 1.82. The van der Waals surface area contributed by atoms with Gasteiger partial charge in [0.25, 0.3) is 0 Å². The monoisotopic (exact) mass is 198 g/mol. The van der Waals surface area contributed by atoms with Gasteiger partial charge in [0.15, 0.2) is 4.87 Å². The quantitative estimate of drug-likeness (QED) is 0.697. The van der Waals surface area contributed by atoms with E-state index < -0.39 is 10.8 Å². The Morgan fingerprint density at radius 2 is 1.92 bits per heavy atom. The van der Waals surface area contributed by atoms with E-state index in [9.17, 15) is 4.79 Å². The third-order valence-corrected chi connectivity index (χ3v) is 2.46. The Bertz CT molecular complexity index is 302. The van der Waals surface area contributed by atoms with Gasteiger partial charge in [0, 0.05) is 6.54 Å². The molecule has 13 heavy (non-hydrogen) atoms. The lowest BCUT2D eigenvalue weighted by Crippen LogP contribution is -2.42. The van der Waals surface area contributed by atoms with E-state index in [1.165, 1.54) is 0 Å². The second-order valence-corrected chi connectivity index (χ2v) is 3.38. The first kappa shape index (κ1) is 10.0. The predicted molar refractivity (Wildman–Crippen MR) is 52.2 cm³/mol. The van der Waals surface area contributed by atoms with Gasteiger partial charge in [-0.2, -0.15) is 0 Å². The number of alkyl halides is 1. The molecule has 1 rings (SSSR count). The van der Waals surface area contributed by atoms with Gasteiger partial charge in [-0.15, -0.1) is 11.6 Å². The number of nitrogens with two attached hydrogens (primary N) is 2. The molecule has 1 aromatic rings. The van der Waals surface area contributed by atoms with Crippen LogP contribution < -0.4 is 11.5 Å². The van der Waals surface area contributed by atoms with E-state index in [1.807, 2.05) is 6.07 Å². The summed E-state index contributed by atoms with van der Waals surface area (Å²) in [6, 6.07) is 8.85. The van der Waals surface area contributed by atoms with Gasteiger partial charge in [-0.1, -0.05) is 30.3 Å². The summed E-state index contributed by atoms with van der Waals surface area (Å²) in [5, 5.41) is 0. The highest BCUT2D eigenvalue weighted by atomic mass is 35.5. The minimum absolute atomic E-state index is 0.00605. The van der Waals surface area contributed by atoms with E-state index in [0.717, 1.165) is 0 Å². The van der Waals surface area contributed by atoms with Gasteiger partial charge >= 0.3 is 0 Å². The topological polar surface area (TPSA) is 69.1 Å². The lowest BCUT2D eigenvalue weighted by Gasteiger charge is -2.21. The highest BCUT2D eigenvalue weighted by molar-refractivity contribution is 6.34. The van der Waals surface area contributed by atoms with Crippen LogP contribution in [0.5, 0.6) is 0 Å². The maximum absolute atomic E-state index is 11.1. The average Bonchev–Trinajstić information content (AvgIpc) is 2.17. The average molecular weight is 199 g/mol. The molecule has 1 amide bonds. The van der Waals surface area contributed by atoms with E-state index in [0.29, 0.717) is 5.56 Å². The van der Waals surface area contributed by atoms with Crippen molar-refractivity contribution in [2.45, 2.75) is 4.87 Å². The summed E-state index contributed by atoms with van der Waals surface area (Å²) in [7, 11) is 0. The van der Waals surface area contributed by atoms with Crippen LogP contribution in [0.1, 0.15) is 5.56 Å². The van der Waals surface area contributed by atoms with Crippen molar-refractivity contribution in [3.8, 4) is 0 Å². The molecule has 0 bridgehead atoms. The molecule has 0 spiro atoms. The molecule has 0 aliphatic heterocycles. The van der Waals surface area contributed by atoms with Gasteiger partial charge in [0.1, 0.15) is 0 Å². The Hall–Kier alpha value is -1.06. The first-order valence-corrected chi connectivity index (χ1v) is 4.23. The number of carbonyl (C=O) groups excluding carboxylic acids is 1. The van der Waals surface area contributed by atoms with Gasteiger partial charge < -0.3 is 11.5 Å². The molecule has 0 radical (unpaired) electrons. The fourth-order valence-corrected chi connectivity index (χ4v) is 1.19. The second kappa shape index (κ2) is 3.77. The summed E-state index contributed by atoms with van der Waals surface area (Å²) in [6.07, 6.45) is 0. The lowest BCUT2D eigenvalue weighted by atomic mass is 9.98. The summed E-state index contributed by atoms with van der Waals surface area (Å²) < 4.78 is 0. The number of hydrogen-bond acceptors (Lipinski definition) is 2. The molecule has 1 aromatic carbocycles. The number of carbonyl (C=O) groups is 1. The van der Waals surface area contributed by atoms with Crippen LogP contribution in [0, 0.1) is 0 Å². The van der Waals surface area contributed by atoms with Crippen molar-refractivity contribution in [3.05, 3.63) is 35.9 Å². The Morgan fingerprint density at radius 1 is 1.38 bits per heavy atom. The Kier molecular flexibility index (Phi) is 2.90. The molecule has 0 aliphatic carbocycles. The van der Waals surface area contributed by atoms with Crippen LogP contribution in [-0.4, -0.2) is 12.5 Å². The molecule has 4 heteroatoms. The van der Waals surface area contributed by atoms with Crippen LogP contribution in [0.3, 0.4) is 0 Å². The van der Waals surface area contributed by atoms with Crippen LogP contribution in [-0.2, 0) is 9.67 Å². The first-order chi connectivity index (χ1) is 6.11. The smallest absolute Gasteiger partial charge is 0.244 e. The number of hydrogen-bond donors (Lipinski definition) is 2. The van der Waals surface area contributed by atoms with Gasteiger partial charge in [0.2, 0.25) is 5.91 Å². The van der Waals surface area contributed by atoms with Gasteiger partial charge in [-0.3, -0.25) is 4.79 Å². The largest absolute Gasteiger partial charge is 0.368 e. The highest BCUT2D eigenvalue weighted by Gasteiger charge is 2.34. The van der Waals surface area contributed by atoms with Crippen LogP contribution in [0.15, 0.2) is 30.3 Å². The van der Waals surface area contributed by atoms with Crippen molar-refractivity contribution < 1.29 is 4.79 Å². The molecular formula is C9H11ClN2O. The fourth-order valence-electron chi connectivity index (χ4n) is 1.06. The highest BCUT2D eigenvalue weighted by Crippen LogP contribution is 2.26. The molecular weight excluding hydrogens is 188 g/mol. The number of rotatable bonds is 3. The summed E-state index contributed by atoms with van der Waals surface area (Å²) in [5.41, 5.74) is 11.2. The zero-order valence-electron chi connectivity index (χ0n) is 7.03. The maximum atomic E-state index is 11.1. The van der Waals surface area contributed by atoms with Gasteiger partial charge in [-0.25, -0.2) is 0 Å². The molecule has 1 unspecified atom stereocenters. The van der Waals surface area contributed by atoms with Crippen molar-refractivity contribution in [2.75, 3.05) is 6.54 Å². The van der Waals surface area contributed by atoms with E-state index in [2.05, 4.69) is 0 Å². The van der Waals surface area contributed by atoms with E-state index in [4.69, 9.17) is 23.1 Å².